The second-order valence-electron chi connectivity index (χ2n) is 4.84. The third-order valence-corrected chi connectivity index (χ3v) is 3.87. The Morgan fingerprint density at radius 3 is 2.52 bits per heavy atom. The van der Waals surface area contributed by atoms with Crippen molar-refractivity contribution in [3.8, 4) is 0 Å². The lowest BCUT2D eigenvalue weighted by Crippen LogP contribution is -2.17. The average molecular weight is 383 g/mol. The Hall–Kier alpha value is -2.48. The van der Waals surface area contributed by atoms with Crippen molar-refractivity contribution in [3.05, 3.63) is 51.5 Å². The van der Waals surface area contributed by atoms with E-state index in [1.807, 2.05) is 0 Å². The highest BCUT2D eigenvalue weighted by Gasteiger charge is 2.24. The van der Waals surface area contributed by atoms with Gasteiger partial charge in [-0.1, -0.05) is 0 Å². The molecule has 1 amide bonds. The SMILES string of the molecule is Cc1c(C(=O)C(=O)O)cn(C)c1C(=O)Nc1ccc(F)c(Br)c1. The number of aliphatic carboxylic acids is 1. The number of carboxylic acid groups (broad SMARTS) is 1. The van der Waals surface area contributed by atoms with Gasteiger partial charge in [-0.15, -0.1) is 0 Å². The van der Waals surface area contributed by atoms with Crippen LogP contribution in [0.1, 0.15) is 26.4 Å². The van der Waals surface area contributed by atoms with Crippen LogP contribution in [0.15, 0.2) is 28.9 Å². The molecular weight excluding hydrogens is 371 g/mol. The molecule has 0 aliphatic heterocycles. The second-order valence-corrected chi connectivity index (χ2v) is 5.70. The van der Waals surface area contributed by atoms with E-state index in [9.17, 15) is 18.8 Å². The topological polar surface area (TPSA) is 88.4 Å². The number of nitrogens with one attached hydrogen (secondary N) is 1. The van der Waals surface area contributed by atoms with E-state index < -0.39 is 23.5 Å². The maximum absolute atomic E-state index is 13.2. The van der Waals surface area contributed by atoms with Gasteiger partial charge < -0.3 is 15.0 Å². The van der Waals surface area contributed by atoms with E-state index in [4.69, 9.17) is 5.11 Å². The molecule has 23 heavy (non-hydrogen) atoms. The van der Waals surface area contributed by atoms with Gasteiger partial charge in [0.15, 0.2) is 0 Å². The smallest absolute Gasteiger partial charge is 0.377 e. The number of amides is 1. The minimum atomic E-state index is -1.59. The van der Waals surface area contributed by atoms with E-state index in [0.717, 1.165) is 0 Å². The number of hydrogen-bond donors (Lipinski definition) is 2. The highest BCUT2D eigenvalue weighted by Crippen LogP contribution is 2.22. The summed E-state index contributed by atoms with van der Waals surface area (Å²) in [5.41, 5.74) is 0.717. The summed E-state index contributed by atoms with van der Waals surface area (Å²) < 4.78 is 14.8. The molecule has 1 heterocycles. The van der Waals surface area contributed by atoms with Crippen molar-refractivity contribution < 1.29 is 23.9 Å². The molecule has 0 radical (unpaired) electrons. The zero-order valence-electron chi connectivity index (χ0n) is 12.2. The molecule has 120 valence electrons. The Bertz CT molecular complexity index is 829. The first-order valence-electron chi connectivity index (χ1n) is 6.42. The molecule has 0 fully saturated rings. The highest BCUT2D eigenvalue weighted by molar-refractivity contribution is 9.10. The molecule has 1 aromatic carbocycles. The van der Waals surface area contributed by atoms with Gasteiger partial charge in [-0.05, 0) is 46.6 Å². The number of aromatic nitrogens is 1. The van der Waals surface area contributed by atoms with Crippen molar-refractivity contribution >= 4 is 39.3 Å². The zero-order valence-corrected chi connectivity index (χ0v) is 13.8. The number of Topliss-reactive ketones (excluding diaryl/α,β-unsaturated/α-hetero) is 1. The Morgan fingerprint density at radius 2 is 1.96 bits per heavy atom. The molecule has 6 nitrogen and oxygen atoms in total. The number of carboxylic acids is 1. The molecule has 8 heteroatoms. The molecule has 2 rings (SSSR count). The Labute approximate surface area is 139 Å². The lowest BCUT2D eigenvalue weighted by atomic mass is 10.1. The van der Waals surface area contributed by atoms with Crippen LogP contribution in [0.2, 0.25) is 0 Å². The molecule has 0 bridgehead atoms. The number of benzene rings is 1. The van der Waals surface area contributed by atoms with Crippen molar-refractivity contribution in [3.63, 3.8) is 0 Å². The number of carbonyl (C=O) groups excluding carboxylic acids is 2. The summed E-state index contributed by atoms with van der Waals surface area (Å²) in [6.45, 7) is 1.49. The third-order valence-electron chi connectivity index (χ3n) is 3.27. The lowest BCUT2D eigenvalue weighted by molar-refractivity contribution is -0.131. The Morgan fingerprint density at radius 1 is 1.30 bits per heavy atom. The zero-order chi connectivity index (χ0) is 17.3. The van der Waals surface area contributed by atoms with Crippen LogP contribution < -0.4 is 5.32 Å². The standard InChI is InChI=1S/C15H12BrFN2O4/c1-7-9(13(20)15(22)23)6-19(2)12(7)14(21)18-8-3-4-11(17)10(16)5-8/h3-6H,1-2H3,(H,18,21)(H,22,23). The maximum Gasteiger partial charge on any atom is 0.377 e. The van der Waals surface area contributed by atoms with Crippen LogP contribution in [0.4, 0.5) is 10.1 Å². The van der Waals surface area contributed by atoms with Gasteiger partial charge in [-0.25, -0.2) is 9.18 Å². The van der Waals surface area contributed by atoms with E-state index in [0.29, 0.717) is 5.69 Å². The molecule has 0 atom stereocenters. The van der Waals surface area contributed by atoms with Crippen LogP contribution in [0, 0.1) is 12.7 Å². The fraction of sp³-hybridized carbons (Fsp3) is 0.133. The molecular formula is C15H12BrFN2O4. The molecule has 2 N–H and O–H groups in total. The first kappa shape index (κ1) is 16.9. The summed E-state index contributed by atoms with van der Waals surface area (Å²) in [4.78, 5) is 34.8. The van der Waals surface area contributed by atoms with E-state index >= 15 is 0 Å². The summed E-state index contributed by atoms with van der Waals surface area (Å²) in [5.74, 6) is -3.67. The van der Waals surface area contributed by atoms with Crippen molar-refractivity contribution in [2.75, 3.05) is 5.32 Å². The number of ketones is 1. The number of halogens is 2. The van der Waals surface area contributed by atoms with Crippen LogP contribution >= 0.6 is 15.9 Å². The van der Waals surface area contributed by atoms with Crippen molar-refractivity contribution in [1.29, 1.82) is 0 Å². The highest BCUT2D eigenvalue weighted by atomic mass is 79.9. The fourth-order valence-electron chi connectivity index (χ4n) is 2.19. The van der Waals surface area contributed by atoms with Gasteiger partial charge in [-0.2, -0.15) is 0 Å². The lowest BCUT2D eigenvalue weighted by Gasteiger charge is -2.08. The molecule has 0 aliphatic carbocycles. The summed E-state index contributed by atoms with van der Waals surface area (Å²) >= 11 is 3.02. The summed E-state index contributed by atoms with van der Waals surface area (Å²) in [6.07, 6.45) is 1.29. The molecule has 1 aromatic heterocycles. The molecule has 0 unspecified atom stereocenters. The van der Waals surface area contributed by atoms with Crippen molar-refractivity contribution in [1.82, 2.24) is 4.57 Å². The molecule has 0 saturated heterocycles. The quantitative estimate of drug-likeness (QED) is 0.628. The van der Waals surface area contributed by atoms with Crippen LogP contribution in [0.3, 0.4) is 0 Å². The normalized spacial score (nSPS) is 10.4. The van der Waals surface area contributed by atoms with Gasteiger partial charge >= 0.3 is 5.97 Å². The monoisotopic (exact) mass is 382 g/mol. The minimum absolute atomic E-state index is 0.0505. The van der Waals surface area contributed by atoms with Gasteiger partial charge in [0.2, 0.25) is 0 Å². The molecule has 0 aliphatic rings. The number of nitrogens with zero attached hydrogens (tertiary/aromatic N) is 1. The molecule has 0 spiro atoms. The predicted molar refractivity (Wildman–Crippen MR) is 84.2 cm³/mol. The molecule has 2 aromatic rings. The summed E-state index contributed by atoms with van der Waals surface area (Å²) in [5, 5.41) is 11.4. The number of hydrogen-bond acceptors (Lipinski definition) is 3. The largest absolute Gasteiger partial charge is 0.475 e. The van der Waals surface area contributed by atoms with E-state index in [-0.39, 0.29) is 21.3 Å². The average Bonchev–Trinajstić information content (AvgIpc) is 2.77. The third kappa shape index (κ3) is 3.31. The van der Waals surface area contributed by atoms with Gasteiger partial charge in [0.1, 0.15) is 11.5 Å². The van der Waals surface area contributed by atoms with Gasteiger partial charge in [0.05, 0.1) is 10.0 Å². The Kier molecular flexibility index (Phi) is 4.65. The maximum atomic E-state index is 13.2. The van der Waals surface area contributed by atoms with Crippen LogP contribution in [0.5, 0.6) is 0 Å². The molecule has 0 saturated carbocycles. The Balaban J connectivity index is 2.34. The van der Waals surface area contributed by atoms with Crippen LogP contribution in [0.25, 0.3) is 0 Å². The van der Waals surface area contributed by atoms with Crippen LogP contribution in [-0.4, -0.2) is 27.3 Å². The fourth-order valence-corrected chi connectivity index (χ4v) is 2.56. The van der Waals surface area contributed by atoms with Gasteiger partial charge in [0.25, 0.3) is 11.7 Å². The van der Waals surface area contributed by atoms with Crippen LogP contribution in [-0.2, 0) is 11.8 Å². The van der Waals surface area contributed by atoms with Gasteiger partial charge in [-0.3, -0.25) is 9.59 Å². The number of anilines is 1. The first-order chi connectivity index (χ1) is 10.7. The second kappa shape index (κ2) is 6.33. The van der Waals surface area contributed by atoms with E-state index in [1.54, 1.807) is 0 Å². The number of rotatable bonds is 4. The van der Waals surface area contributed by atoms with Crippen molar-refractivity contribution in [2.24, 2.45) is 7.05 Å². The van der Waals surface area contributed by atoms with Crippen molar-refractivity contribution in [2.45, 2.75) is 6.92 Å². The summed E-state index contributed by atoms with van der Waals surface area (Å²) in [7, 11) is 1.53. The first-order valence-corrected chi connectivity index (χ1v) is 7.21. The predicted octanol–water partition coefficient (Wildman–Crippen LogP) is 2.75. The van der Waals surface area contributed by atoms with E-state index in [2.05, 4.69) is 21.2 Å². The van der Waals surface area contributed by atoms with E-state index in [1.165, 1.54) is 42.9 Å². The number of carbonyl (C=O) groups is 3. The minimum Gasteiger partial charge on any atom is -0.475 e. The summed E-state index contributed by atoms with van der Waals surface area (Å²) in [6, 6.07) is 3.98. The van der Waals surface area contributed by atoms with Gasteiger partial charge in [0, 0.05) is 18.9 Å². The number of aryl methyl sites for hydroxylation is 1.